The Balaban J connectivity index is 1.92. The van der Waals surface area contributed by atoms with E-state index in [2.05, 4.69) is 15.8 Å². The largest absolute Gasteiger partial charge is 0.329 e. The van der Waals surface area contributed by atoms with Crippen molar-refractivity contribution in [1.29, 1.82) is 5.26 Å². The summed E-state index contributed by atoms with van der Waals surface area (Å²) in [6, 6.07) is 12.2. The van der Waals surface area contributed by atoms with Crippen molar-refractivity contribution in [2.24, 2.45) is 5.10 Å². The standard InChI is InChI=1S/C16H13ClN4O2S/c1-10(13-6-7-14(17)24-13)20-21-16(23)15(22)19-12-4-2-11(3-5-12)8-9-18/h2-7H,8H2,1H3,(H,19,22)(H,21,23). The number of nitriles is 1. The van der Waals surface area contributed by atoms with Crippen LogP contribution in [-0.2, 0) is 16.0 Å². The monoisotopic (exact) mass is 360 g/mol. The quantitative estimate of drug-likeness (QED) is 0.498. The first-order valence-corrected chi connectivity index (χ1v) is 8.06. The van der Waals surface area contributed by atoms with Gasteiger partial charge >= 0.3 is 11.8 Å². The number of halogens is 1. The molecule has 0 aliphatic carbocycles. The van der Waals surface area contributed by atoms with Crippen LogP contribution in [-0.4, -0.2) is 17.5 Å². The van der Waals surface area contributed by atoms with E-state index in [0.717, 1.165) is 10.4 Å². The third-order valence-electron chi connectivity index (χ3n) is 2.96. The molecule has 8 heteroatoms. The first kappa shape index (κ1) is 17.7. The third-order valence-corrected chi connectivity index (χ3v) is 4.30. The number of hydrazone groups is 1. The van der Waals surface area contributed by atoms with Crippen molar-refractivity contribution in [3.63, 3.8) is 0 Å². The van der Waals surface area contributed by atoms with Crippen LogP contribution in [0.2, 0.25) is 4.34 Å². The van der Waals surface area contributed by atoms with E-state index in [9.17, 15) is 9.59 Å². The van der Waals surface area contributed by atoms with Gasteiger partial charge in [-0.15, -0.1) is 11.3 Å². The van der Waals surface area contributed by atoms with Crippen LogP contribution in [0.15, 0.2) is 41.5 Å². The van der Waals surface area contributed by atoms with Crippen molar-refractivity contribution in [1.82, 2.24) is 5.43 Å². The van der Waals surface area contributed by atoms with E-state index in [1.165, 1.54) is 11.3 Å². The van der Waals surface area contributed by atoms with Crippen molar-refractivity contribution < 1.29 is 9.59 Å². The number of nitrogens with zero attached hydrogens (tertiary/aromatic N) is 2. The van der Waals surface area contributed by atoms with E-state index in [1.54, 1.807) is 43.3 Å². The topological polar surface area (TPSA) is 94.3 Å². The van der Waals surface area contributed by atoms with E-state index in [0.29, 0.717) is 15.7 Å². The number of benzene rings is 1. The zero-order chi connectivity index (χ0) is 17.5. The molecule has 0 saturated carbocycles. The first-order valence-electron chi connectivity index (χ1n) is 6.87. The highest BCUT2D eigenvalue weighted by Crippen LogP contribution is 2.21. The molecule has 0 aliphatic rings. The highest BCUT2D eigenvalue weighted by Gasteiger charge is 2.13. The summed E-state index contributed by atoms with van der Waals surface area (Å²) in [5, 5.41) is 14.9. The Morgan fingerprint density at radius 3 is 2.50 bits per heavy atom. The summed E-state index contributed by atoms with van der Waals surface area (Å²) in [5.74, 6) is -1.71. The van der Waals surface area contributed by atoms with Crippen LogP contribution < -0.4 is 10.7 Å². The van der Waals surface area contributed by atoms with Gasteiger partial charge in [-0.2, -0.15) is 10.4 Å². The lowest BCUT2D eigenvalue weighted by Gasteiger charge is -2.05. The average molecular weight is 361 g/mol. The van der Waals surface area contributed by atoms with Gasteiger partial charge in [0.1, 0.15) is 0 Å². The Morgan fingerprint density at radius 1 is 1.21 bits per heavy atom. The molecule has 0 spiro atoms. The first-order chi connectivity index (χ1) is 11.5. The predicted octanol–water partition coefficient (Wildman–Crippen LogP) is 2.95. The molecule has 1 aromatic carbocycles. The highest BCUT2D eigenvalue weighted by molar-refractivity contribution is 7.18. The molecule has 24 heavy (non-hydrogen) atoms. The van der Waals surface area contributed by atoms with Gasteiger partial charge in [0.25, 0.3) is 0 Å². The minimum absolute atomic E-state index is 0.287. The smallest absolute Gasteiger partial charge is 0.318 e. The second-order valence-corrected chi connectivity index (χ2v) is 6.44. The molecule has 2 rings (SSSR count). The molecule has 6 nitrogen and oxygen atoms in total. The highest BCUT2D eigenvalue weighted by atomic mass is 35.5. The lowest BCUT2D eigenvalue weighted by Crippen LogP contribution is -2.32. The van der Waals surface area contributed by atoms with Crippen molar-refractivity contribution in [3.8, 4) is 6.07 Å². The average Bonchev–Trinajstić information content (AvgIpc) is 3.01. The summed E-state index contributed by atoms with van der Waals surface area (Å²) in [5.41, 5.74) is 4.04. The normalized spacial score (nSPS) is 10.8. The maximum absolute atomic E-state index is 11.8. The number of carbonyl (C=O) groups is 2. The molecule has 0 unspecified atom stereocenters. The molecule has 1 heterocycles. The molecule has 0 aliphatic heterocycles. The number of anilines is 1. The Kier molecular flexibility index (Phi) is 6.07. The van der Waals surface area contributed by atoms with Gasteiger partial charge in [0.05, 0.1) is 27.4 Å². The minimum atomic E-state index is -0.877. The molecule has 0 radical (unpaired) electrons. The zero-order valence-corrected chi connectivity index (χ0v) is 14.2. The van der Waals surface area contributed by atoms with Crippen LogP contribution in [0, 0.1) is 11.3 Å². The number of amides is 2. The Morgan fingerprint density at radius 2 is 1.92 bits per heavy atom. The molecular weight excluding hydrogens is 348 g/mol. The number of hydrogen-bond donors (Lipinski definition) is 2. The Bertz CT molecular complexity index is 821. The molecule has 0 atom stereocenters. The van der Waals surface area contributed by atoms with Gasteiger partial charge in [-0.3, -0.25) is 9.59 Å². The second kappa shape index (κ2) is 8.24. The summed E-state index contributed by atoms with van der Waals surface area (Å²) in [6.07, 6.45) is 0.287. The molecule has 2 N–H and O–H groups in total. The van der Waals surface area contributed by atoms with Gasteiger partial charge in [0.15, 0.2) is 0 Å². The summed E-state index contributed by atoms with van der Waals surface area (Å²) in [4.78, 5) is 24.4. The lowest BCUT2D eigenvalue weighted by atomic mass is 10.1. The maximum atomic E-state index is 11.8. The van der Waals surface area contributed by atoms with E-state index < -0.39 is 11.8 Å². The van der Waals surface area contributed by atoms with Gasteiger partial charge in [-0.05, 0) is 36.8 Å². The third kappa shape index (κ3) is 4.91. The van der Waals surface area contributed by atoms with Gasteiger partial charge in [0, 0.05) is 5.69 Å². The van der Waals surface area contributed by atoms with Gasteiger partial charge in [-0.25, -0.2) is 5.43 Å². The molecule has 0 bridgehead atoms. The Labute approximate surface area is 147 Å². The van der Waals surface area contributed by atoms with E-state index in [4.69, 9.17) is 16.9 Å². The molecule has 2 aromatic rings. The van der Waals surface area contributed by atoms with Crippen molar-refractivity contribution >= 4 is 46.2 Å². The van der Waals surface area contributed by atoms with Crippen LogP contribution in [0.4, 0.5) is 5.69 Å². The molecule has 1 aromatic heterocycles. The number of nitrogens with one attached hydrogen (secondary N) is 2. The van der Waals surface area contributed by atoms with E-state index in [1.807, 2.05) is 6.07 Å². The minimum Gasteiger partial charge on any atom is -0.318 e. The van der Waals surface area contributed by atoms with E-state index >= 15 is 0 Å². The van der Waals surface area contributed by atoms with Crippen molar-refractivity contribution in [3.05, 3.63) is 51.2 Å². The summed E-state index contributed by atoms with van der Waals surface area (Å²) in [7, 11) is 0. The second-order valence-electron chi connectivity index (χ2n) is 4.73. The molecule has 122 valence electrons. The lowest BCUT2D eigenvalue weighted by molar-refractivity contribution is -0.136. The molecular formula is C16H13ClN4O2S. The molecule has 0 saturated heterocycles. The number of thiophene rings is 1. The van der Waals surface area contributed by atoms with Gasteiger partial charge < -0.3 is 5.32 Å². The SMILES string of the molecule is CC(=NNC(=O)C(=O)Nc1ccc(CC#N)cc1)c1ccc(Cl)s1. The number of carbonyl (C=O) groups excluding carboxylic acids is 2. The van der Waals surface area contributed by atoms with Crippen LogP contribution in [0.3, 0.4) is 0 Å². The fourth-order valence-corrected chi connectivity index (χ4v) is 2.72. The predicted molar refractivity (Wildman–Crippen MR) is 94.1 cm³/mol. The number of rotatable bonds is 4. The van der Waals surface area contributed by atoms with Crippen LogP contribution >= 0.6 is 22.9 Å². The van der Waals surface area contributed by atoms with Crippen molar-refractivity contribution in [2.45, 2.75) is 13.3 Å². The van der Waals surface area contributed by atoms with Crippen LogP contribution in [0.5, 0.6) is 0 Å². The maximum Gasteiger partial charge on any atom is 0.329 e. The van der Waals surface area contributed by atoms with Gasteiger partial charge in [0.2, 0.25) is 0 Å². The fraction of sp³-hybridized carbons (Fsp3) is 0.125. The van der Waals surface area contributed by atoms with Crippen molar-refractivity contribution in [2.75, 3.05) is 5.32 Å². The summed E-state index contributed by atoms with van der Waals surface area (Å²) < 4.78 is 0.614. The van der Waals surface area contributed by atoms with Gasteiger partial charge in [-0.1, -0.05) is 23.7 Å². The van der Waals surface area contributed by atoms with Crippen LogP contribution in [0.25, 0.3) is 0 Å². The summed E-state index contributed by atoms with van der Waals surface area (Å²) in [6.45, 7) is 1.70. The Hall–Kier alpha value is -2.69. The molecule has 2 amide bonds. The fourth-order valence-electron chi connectivity index (χ4n) is 1.73. The zero-order valence-electron chi connectivity index (χ0n) is 12.7. The number of hydrogen-bond acceptors (Lipinski definition) is 5. The van der Waals surface area contributed by atoms with Crippen LogP contribution in [0.1, 0.15) is 17.4 Å². The van der Waals surface area contributed by atoms with E-state index in [-0.39, 0.29) is 6.42 Å². The molecule has 0 fully saturated rings. The summed E-state index contributed by atoms with van der Waals surface area (Å²) >= 11 is 7.16.